The summed E-state index contributed by atoms with van der Waals surface area (Å²) >= 11 is 0. The standard InChI is InChI=1S/C24H29N3O3/c1-4-5-6-7-15-25-24(28)23-17-22(18-9-8-10-21(16-18)30-3)26-27(23)19-11-13-20(29-2)14-12-19/h8-14,16-17H,4-7,15H2,1-3H3,(H,25,28). The lowest BCUT2D eigenvalue weighted by atomic mass is 10.1. The van der Waals surface area contributed by atoms with Crippen LogP contribution in [0.15, 0.2) is 54.6 Å². The average Bonchev–Trinajstić information content (AvgIpc) is 3.24. The van der Waals surface area contributed by atoms with E-state index in [0.717, 1.165) is 35.6 Å². The lowest BCUT2D eigenvalue weighted by Crippen LogP contribution is -2.26. The first-order valence-electron chi connectivity index (χ1n) is 10.3. The van der Waals surface area contributed by atoms with E-state index in [2.05, 4.69) is 12.2 Å². The van der Waals surface area contributed by atoms with Crippen molar-refractivity contribution in [2.45, 2.75) is 32.6 Å². The summed E-state index contributed by atoms with van der Waals surface area (Å²) in [6, 6.07) is 17.0. The van der Waals surface area contributed by atoms with Crippen LogP contribution in [0.3, 0.4) is 0 Å². The Labute approximate surface area is 177 Å². The molecule has 1 N–H and O–H groups in total. The number of methoxy groups -OCH3 is 2. The summed E-state index contributed by atoms with van der Waals surface area (Å²) in [4.78, 5) is 12.9. The Bertz CT molecular complexity index is 964. The summed E-state index contributed by atoms with van der Waals surface area (Å²) in [6.07, 6.45) is 4.43. The quantitative estimate of drug-likeness (QED) is 0.487. The normalized spacial score (nSPS) is 10.6. The highest BCUT2D eigenvalue weighted by molar-refractivity contribution is 5.94. The number of aromatic nitrogens is 2. The van der Waals surface area contributed by atoms with Crippen LogP contribution >= 0.6 is 0 Å². The van der Waals surface area contributed by atoms with E-state index in [1.807, 2.05) is 54.6 Å². The molecule has 0 unspecified atom stereocenters. The maximum absolute atomic E-state index is 12.9. The molecule has 3 rings (SSSR count). The molecule has 0 bridgehead atoms. The van der Waals surface area contributed by atoms with E-state index >= 15 is 0 Å². The Kier molecular flexibility index (Phi) is 7.49. The summed E-state index contributed by atoms with van der Waals surface area (Å²) in [5.41, 5.74) is 2.88. The van der Waals surface area contributed by atoms with Gasteiger partial charge in [-0.1, -0.05) is 38.3 Å². The Hall–Kier alpha value is -3.28. The fraction of sp³-hybridized carbons (Fsp3) is 0.333. The van der Waals surface area contributed by atoms with Gasteiger partial charge in [0.15, 0.2) is 0 Å². The molecule has 1 amide bonds. The molecule has 158 valence electrons. The summed E-state index contributed by atoms with van der Waals surface area (Å²) in [5, 5.41) is 7.75. The van der Waals surface area contributed by atoms with Crippen LogP contribution in [-0.2, 0) is 0 Å². The number of benzene rings is 2. The number of carbonyl (C=O) groups excluding carboxylic acids is 1. The fourth-order valence-electron chi connectivity index (χ4n) is 3.23. The lowest BCUT2D eigenvalue weighted by molar-refractivity contribution is 0.0945. The van der Waals surface area contributed by atoms with Crippen molar-refractivity contribution < 1.29 is 14.3 Å². The van der Waals surface area contributed by atoms with E-state index < -0.39 is 0 Å². The Morgan fingerprint density at radius 2 is 1.73 bits per heavy atom. The van der Waals surface area contributed by atoms with Crippen LogP contribution in [0.5, 0.6) is 11.5 Å². The first-order valence-corrected chi connectivity index (χ1v) is 10.3. The molecule has 0 spiro atoms. The predicted molar refractivity (Wildman–Crippen MR) is 119 cm³/mol. The number of hydrogen-bond donors (Lipinski definition) is 1. The minimum Gasteiger partial charge on any atom is -0.497 e. The van der Waals surface area contributed by atoms with Gasteiger partial charge in [0.25, 0.3) is 5.91 Å². The van der Waals surface area contributed by atoms with E-state index in [0.29, 0.717) is 17.9 Å². The van der Waals surface area contributed by atoms with Crippen molar-refractivity contribution in [1.82, 2.24) is 15.1 Å². The zero-order valence-corrected chi connectivity index (χ0v) is 17.9. The van der Waals surface area contributed by atoms with Gasteiger partial charge in [0, 0.05) is 12.1 Å². The van der Waals surface area contributed by atoms with Crippen LogP contribution in [0.2, 0.25) is 0 Å². The number of hydrogen-bond acceptors (Lipinski definition) is 4. The first kappa shape index (κ1) is 21.4. The van der Waals surface area contributed by atoms with E-state index in [-0.39, 0.29) is 5.91 Å². The number of carbonyl (C=O) groups is 1. The molecular weight excluding hydrogens is 378 g/mol. The monoisotopic (exact) mass is 407 g/mol. The molecule has 3 aromatic rings. The van der Waals surface area contributed by atoms with Crippen LogP contribution in [0.25, 0.3) is 16.9 Å². The summed E-state index contributed by atoms with van der Waals surface area (Å²) < 4.78 is 12.2. The second-order valence-corrected chi connectivity index (χ2v) is 7.07. The van der Waals surface area contributed by atoms with Crippen molar-refractivity contribution in [2.75, 3.05) is 20.8 Å². The van der Waals surface area contributed by atoms with Crippen LogP contribution in [0, 0.1) is 0 Å². The van der Waals surface area contributed by atoms with E-state index in [4.69, 9.17) is 14.6 Å². The number of amides is 1. The predicted octanol–water partition coefficient (Wildman–Crippen LogP) is 4.87. The molecule has 0 aliphatic carbocycles. The minimum atomic E-state index is -0.135. The molecule has 6 heteroatoms. The molecule has 2 aromatic carbocycles. The van der Waals surface area contributed by atoms with E-state index in [9.17, 15) is 4.79 Å². The zero-order valence-electron chi connectivity index (χ0n) is 17.9. The highest BCUT2D eigenvalue weighted by Crippen LogP contribution is 2.26. The Balaban J connectivity index is 1.91. The third-order valence-corrected chi connectivity index (χ3v) is 4.94. The van der Waals surface area contributed by atoms with Gasteiger partial charge in [0.05, 0.1) is 25.6 Å². The van der Waals surface area contributed by atoms with E-state index in [1.165, 1.54) is 12.8 Å². The molecule has 1 heterocycles. The highest BCUT2D eigenvalue weighted by Gasteiger charge is 2.18. The Morgan fingerprint density at radius 1 is 0.967 bits per heavy atom. The van der Waals surface area contributed by atoms with Gasteiger partial charge >= 0.3 is 0 Å². The van der Waals surface area contributed by atoms with Crippen molar-refractivity contribution in [1.29, 1.82) is 0 Å². The highest BCUT2D eigenvalue weighted by atomic mass is 16.5. The first-order chi connectivity index (χ1) is 14.7. The number of unbranched alkanes of at least 4 members (excludes halogenated alkanes) is 3. The van der Waals surface area contributed by atoms with Crippen LogP contribution in [0.4, 0.5) is 0 Å². The van der Waals surface area contributed by atoms with Gasteiger partial charge in [0.1, 0.15) is 17.2 Å². The van der Waals surface area contributed by atoms with Crippen molar-refractivity contribution in [3.63, 3.8) is 0 Å². The maximum Gasteiger partial charge on any atom is 0.270 e. The van der Waals surface area contributed by atoms with Crippen LogP contribution < -0.4 is 14.8 Å². The maximum atomic E-state index is 12.9. The molecule has 6 nitrogen and oxygen atoms in total. The van der Waals surface area contributed by atoms with E-state index in [1.54, 1.807) is 18.9 Å². The van der Waals surface area contributed by atoms with Gasteiger partial charge in [-0.15, -0.1) is 0 Å². The van der Waals surface area contributed by atoms with Gasteiger partial charge in [-0.25, -0.2) is 4.68 Å². The number of nitrogens with zero attached hydrogens (tertiary/aromatic N) is 2. The van der Waals surface area contributed by atoms with Gasteiger partial charge in [-0.2, -0.15) is 5.10 Å². The van der Waals surface area contributed by atoms with Crippen molar-refractivity contribution >= 4 is 5.91 Å². The third kappa shape index (κ3) is 5.20. The number of nitrogens with one attached hydrogen (secondary N) is 1. The largest absolute Gasteiger partial charge is 0.497 e. The second-order valence-electron chi connectivity index (χ2n) is 7.07. The molecule has 0 saturated heterocycles. The third-order valence-electron chi connectivity index (χ3n) is 4.94. The molecule has 0 saturated carbocycles. The van der Waals surface area contributed by atoms with Crippen molar-refractivity contribution in [3.05, 3.63) is 60.3 Å². The summed E-state index contributed by atoms with van der Waals surface area (Å²) in [6.45, 7) is 2.83. The molecule has 0 radical (unpaired) electrons. The number of ether oxygens (including phenoxy) is 2. The van der Waals surface area contributed by atoms with Crippen LogP contribution in [-0.4, -0.2) is 36.5 Å². The minimum absolute atomic E-state index is 0.135. The molecule has 30 heavy (non-hydrogen) atoms. The van der Waals surface area contributed by atoms with Gasteiger partial charge in [0.2, 0.25) is 0 Å². The summed E-state index contributed by atoms with van der Waals surface area (Å²) in [7, 11) is 3.26. The molecule has 0 fully saturated rings. The second kappa shape index (κ2) is 10.5. The van der Waals surface area contributed by atoms with Crippen LogP contribution in [0.1, 0.15) is 43.1 Å². The molecule has 0 atom stereocenters. The van der Waals surface area contributed by atoms with Crippen molar-refractivity contribution in [2.24, 2.45) is 0 Å². The van der Waals surface area contributed by atoms with Gasteiger partial charge in [-0.3, -0.25) is 4.79 Å². The smallest absolute Gasteiger partial charge is 0.270 e. The molecular formula is C24H29N3O3. The molecule has 1 aromatic heterocycles. The lowest BCUT2D eigenvalue weighted by Gasteiger charge is -2.09. The SMILES string of the molecule is CCCCCCNC(=O)c1cc(-c2cccc(OC)c2)nn1-c1ccc(OC)cc1. The van der Waals surface area contributed by atoms with Gasteiger partial charge < -0.3 is 14.8 Å². The number of rotatable bonds is 10. The Morgan fingerprint density at radius 3 is 2.43 bits per heavy atom. The van der Waals surface area contributed by atoms with Crippen molar-refractivity contribution in [3.8, 4) is 28.4 Å². The molecule has 0 aliphatic rings. The van der Waals surface area contributed by atoms with Gasteiger partial charge in [-0.05, 0) is 48.9 Å². The summed E-state index contributed by atoms with van der Waals surface area (Å²) in [5.74, 6) is 1.36. The average molecular weight is 408 g/mol. The fourth-order valence-corrected chi connectivity index (χ4v) is 3.23. The topological polar surface area (TPSA) is 65.4 Å². The zero-order chi connectivity index (χ0) is 21.3. The molecule has 0 aliphatic heterocycles.